The fraction of sp³-hybridized carbons (Fsp3) is 0.667. The molecule has 0 saturated heterocycles. The summed E-state index contributed by atoms with van der Waals surface area (Å²) in [6.45, 7) is 11.0. The molecule has 2 aromatic heterocycles. The molecule has 0 aromatic carbocycles. The van der Waals surface area contributed by atoms with Gasteiger partial charge in [-0.3, -0.25) is 19.0 Å². The molecule has 32 heavy (non-hydrogen) atoms. The molecule has 8 heteroatoms. The molecule has 174 valence electrons. The van der Waals surface area contributed by atoms with Crippen LogP contribution in [0.2, 0.25) is 0 Å². The fourth-order valence-corrected chi connectivity index (χ4v) is 4.46. The summed E-state index contributed by atoms with van der Waals surface area (Å²) in [6, 6.07) is 4.33. The van der Waals surface area contributed by atoms with E-state index in [-0.39, 0.29) is 17.2 Å². The monoisotopic (exact) mass is 440 g/mol. The molecule has 5 rings (SSSR count). The Morgan fingerprint density at radius 1 is 0.844 bits per heavy atom. The molecule has 8 nitrogen and oxygen atoms in total. The van der Waals surface area contributed by atoms with Gasteiger partial charge in [-0.2, -0.15) is 10.2 Å². The zero-order valence-corrected chi connectivity index (χ0v) is 20.3. The van der Waals surface area contributed by atoms with Crippen molar-refractivity contribution in [1.29, 1.82) is 0 Å². The summed E-state index contributed by atoms with van der Waals surface area (Å²) in [7, 11) is 3.75. The summed E-state index contributed by atoms with van der Waals surface area (Å²) in [5, 5.41) is 9.06. The van der Waals surface area contributed by atoms with Gasteiger partial charge in [0.15, 0.2) is 0 Å². The summed E-state index contributed by atoms with van der Waals surface area (Å²) in [5.41, 5.74) is 4.86. The van der Waals surface area contributed by atoms with E-state index < -0.39 is 0 Å². The summed E-state index contributed by atoms with van der Waals surface area (Å²) in [5.74, 6) is 1.18. The SMILES string of the molecule is CC(C)c1cc2n(n1)CC(=O)N(C)CC2.CC(C)c1cc2n(n1)CC(=O)N(C)CC21CC1. The van der Waals surface area contributed by atoms with E-state index in [0.717, 1.165) is 30.9 Å². The Morgan fingerprint density at radius 3 is 2.03 bits per heavy atom. The first-order valence-corrected chi connectivity index (χ1v) is 11.7. The number of amides is 2. The van der Waals surface area contributed by atoms with Crippen LogP contribution in [-0.2, 0) is 34.5 Å². The van der Waals surface area contributed by atoms with E-state index in [0.29, 0.717) is 24.9 Å². The summed E-state index contributed by atoms with van der Waals surface area (Å²) < 4.78 is 3.79. The molecule has 1 fully saturated rings. The Balaban J connectivity index is 0.000000155. The third-order valence-corrected chi connectivity index (χ3v) is 6.93. The third-order valence-electron chi connectivity index (χ3n) is 6.93. The lowest BCUT2D eigenvalue weighted by atomic mass is 10.0. The van der Waals surface area contributed by atoms with Crippen LogP contribution in [0, 0.1) is 0 Å². The molecule has 0 N–H and O–H groups in total. The van der Waals surface area contributed by atoms with Crippen molar-refractivity contribution in [3.63, 3.8) is 0 Å². The minimum absolute atomic E-state index is 0.146. The number of carbonyl (C=O) groups excluding carboxylic acids is 2. The largest absolute Gasteiger partial charge is 0.344 e. The first kappa shape index (κ1) is 22.6. The van der Waals surface area contributed by atoms with Crippen molar-refractivity contribution in [1.82, 2.24) is 29.4 Å². The van der Waals surface area contributed by atoms with Crippen LogP contribution in [-0.4, -0.2) is 68.4 Å². The van der Waals surface area contributed by atoms with E-state index in [2.05, 4.69) is 50.0 Å². The lowest BCUT2D eigenvalue weighted by Crippen LogP contribution is -2.32. The van der Waals surface area contributed by atoms with E-state index >= 15 is 0 Å². The normalized spacial score (nSPS) is 19.5. The number of likely N-dealkylation sites (N-methyl/N-ethyl adjacent to an activating group) is 2. The molecule has 2 amide bonds. The number of aromatic nitrogens is 4. The maximum Gasteiger partial charge on any atom is 0.244 e. The van der Waals surface area contributed by atoms with Crippen LogP contribution in [0.5, 0.6) is 0 Å². The van der Waals surface area contributed by atoms with Crippen LogP contribution in [0.3, 0.4) is 0 Å². The Labute approximate surface area is 190 Å². The first-order valence-electron chi connectivity index (χ1n) is 11.7. The predicted octanol–water partition coefficient (Wildman–Crippen LogP) is 2.53. The maximum absolute atomic E-state index is 11.9. The molecule has 2 aromatic rings. The van der Waals surface area contributed by atoms with Gasteiger partial charge in [0, 0.05) is 50.4 Å². The number of carbonyl (C=O) groups is 2. The van der Waals surface area contributed by atoms with E-state index in [1.807, 2.05) is 28.4 Å². The van der Waals surface area contributed by atoms with Gasteiger partial charge in [-0.15, -0.1) is 0 Å². The molecule has 1 saturated carbocycles. The van der Waals surface area contributed by atoms with Crippen LogP contribution < -0.4 is 0 Å². The molecule has 0 atom stereocenters. The van der Waals surface area contributed by atoms with Crippen molar-refractivity contribution in [2.45, 2.75) is 77.3 Å². The number of hydrogen-bond acceptors (Lipinski definition) is 4. The van der Waals surface area contributed by atoms with E-state index in [9.17, 15) is 9.59 Å². The Bertz CT molecular complexity index is 1010. The second-order valence-corrected chi connectivity index (χ2v) is 10.2. The zero-order chi connectivity index (χ0) is 23.2. The Morgan fingerprint density at radius 2 is 1.41 bits per heavy atom. The molecular weight excluding hydrogens is 404 g/mol. The summed E-state index contributed by atoms with van der Waals surface area (Å²) in [4.78, 5) is 27.2. The number of nitrogens with zero attached hydrogens (tertiary/aromatic N) is 6. The smallest absolute Gasteiger partial charge is 0.244 e. The summed E-state index contributed by atoms with van der Waals surface area (Å²) in [6.07, 6.45) is 3.28. The Kier molecular flexibility index (Phi) is 5.90. The highest BCUT2D eigenvalue weighted by molar-refractivity contribution is 5.77. The molecule has 1 aliphatic carbocycles. The van der Waals surface area contributed by atoms with Crippen molar-refractivity contribution >= 4 is 11.8 Å². The fourth-order valence-electron chi connectivity index (χ4n) is 4.46. The predicted molar refractivity (Wildman–Crippen MR) is 123 cm³/mol. The van der Waals surface area contributed by atoms with Crippen LogP contribution in [0.1, 0.15) is 75.1 Å². The molecule has 4 heterocycles. The molecule has 0 bridgehead atoms. The zero-order valence-electron chi connectivity index (χ0n) is 20.3. The third kappa shape index (κ3) is 4.32. The summed E-state index contributed by atoms with van der Waals surface area (Å²) >= 11 is 0. The van der Waals surface area contributed by atoms with Crippen molar-refractivity contribution in [2.75, 3.05) is 27.2 Å². The van der Waals surface area contributed by atoms with E-state index in [1.165, 1.54) is 24.2 Å². The van der Waals surface area contributed by atoms with Crippen molar-refractivity contribution in [3.05, 3.63) is 34.9 Å². The van der Waals surface area contributed by atoms with Gasteiger partial charge in [0.1, 0.15) is 13.1 Å². The van der Waals surface area contributed by atoms with Crippen LogP contribution >= 0.6 is 0 Å². The first-order chi connectivity index (χ1) is 15.1. The van der Waals surface area contributed by atoms with Crippen molar-refractivity contribution < 1.29 is 9.59 Å². The molecular formula is C24H36N6O2. The van der Waals surface area contributed by atoms with Gasteiger partial charge < -0.3 is 9.80 Å². The minimum Gasteiger partial charge on any atom is -0.344 e. The Hall–Kier alpha value is -2.64. The molecule has 1 spiro atoms. The number of fused-ring (bicyclic) bond motifs is 3. The quantitative estimate of drug-likeness (QED) is 0.719. The standard InChI is InChI=1S/C13H19N3O.C11H17N3O/c1-9(2)10-6-11-13(4-5-13)8-15(3)12(17)7-16(11)14-10;1-8(2)10-6-9-4-5-13(3)11(15)7-14(9)12-10/h6,9H,4-5,7-8H2,1-3H3;6,8H,4-5,7H2,1-3H3. The highest BCUT2D eigenvalue weighted by Gasteiger charge is 2.50. The van der Waals surface area contributed by atoms with Gasteiger partial charge in [0.2, 0.25) is 11.8 Å². The van der Waals surface area contributed by atoms with Gasteiger partial charge in [-0.25, -0.2) is 0 Å². The van der Waals surface area contributed by atoms with Gasteiger partial charge in [0.05, 0.1) is 11.4 Å². The van der Waals surface area contributed by atoms with Gasteiger partial charge >= 0.3 is 0 Å². The second kappa shape index (κ2) is 8.37. The molecule has 0 unspecified atom stereocenters. The van der Waals surface area contributed by atoms with Gasteiger partial charge in [0.25, 0.3) is 0 Å². The number of hydrogen-bond donors (Lipinski definition) is 0. The van der Waals surface area contributed by atoms with Gasteiger partial charge in [-0.05, 0) is 36.8 Å². The average Bonchev–Trinajstić information content (AvgIpc) is 3.25. The van der Waals surface area contributed by atoms with E-state index in [1.54, 1.807) is 4.90 Å². The second-order valence-electron chi connectivity index (χ2n) is 10.2. The number of rotatable bonds is 2. The topological polar surface area (TPSA) is 76.3 Å². The van der Waals surface area contributed by atoms with Crippen molar-refractivity contribution in [2.24, 2.45) is 0 Å². The van der Waals surface area contributed by atoms with E-state index in [4.69, 9.17) is 0 Å². The lowest BCUT2D eigenvalue weighted by molar-refractivity contribution is -0.131. The molecule has 0 radical (unpaired) electrons. The molecule has 2 aliphatic heterocycles. The highest BCUT2D eigenvalue weighted by Crippen LogP contribution is 2.50. The average molecular weight is 441 g/mol. The van der Waals surface area contributed by atoms with Crippen LogP contribution in [0.4, 0.5) is 0 Å². The van der Waals surface area contributed by atoms with Crippen LogP contribution in [0.25, 0.3) is 0 Å². The van der Waals surface area contributed by atoms with Gasteiger partial charge in [-0.1, -0.05) is 27.7 Å². The molecule has 3 aliphatic rings. The lowest BCUT2D eigenvalue weighted by Gasteiger charge is -2.18. The van der Waals surface area contributed by atoms with Crippen molar-refractivity contribution in [3.8, 4) is 0 Å². The highest BCUT2D eigenvalue weighted by atomic mass is 16.2. The minimum atomic E-state index is 0.146. The maximum atomic E-state index is 11.9. The van der Waals surface area contributed by atoms with Crippen LogP contribution in [0.15, 0.2) is 12.1 Å².